The molecule has 18 heavy (non-hydrogen) atoms. The number of nitrogens with zero attached hydrogens (tertiary/aromatic N) is 1. The van der Waals surface area contributed by atoms with Crippen molar-refractivity contribution < 1.29 is 23.1 Å². The van der Waals surface area contributed by atoms with Gasteiger partial charge in [-0.25, -0.2) is 8.42 Å². The molecule has 1 amide bonds. The van der Waals surface area contributed by atoms with Crippen LogP contribution in [0.25, 0.3) is 0 Å². The highest BCUT2D eigenvalue weighted by molar-refractivity contribution is 7.92. The molecule has 0 aliphatic carbocycles. The van der Waals surface area contributed by atoms with Gasteiger partial charge >= 0.3 is 5.97 Å². The smallest absolute Gasteiger partial charge is 0.323 e. The number of sulfone groups is 1. The molecule has 7 heteroatoms. The monoisotopic (exact) mass is 273 g/mol. The molecule has 1 aliphatic heterocycles. The molecule has 0 bridgehead atoms. The van der Waals surface area contributed by atoms with Gasteiger partial charge in [-0.2, -0.15) is 0 Å². The van der Waals surface area contributed by atoms with Gasteiger partial charge in [-0.1, -0.05) is 12.3 Å². The lowest BCUT2D eigenvalue weighted by Gasteiger charge is -2.26. The largest absolute Gasteiger partial charge is 0.480 e. The minimum Gasteiger partial charge on any atom is -0.480 e. The molecule has 6 nitrogen and oxygen atoms in total. The zero-order valence-electron chi connectivity index (χ0n) is 9.83. The summed E-state index contributed by atoms with van der Waals surface area (Å²) in [6.07, 6.45) is 6.48. The second-order valence-electron chi connectivity index (χ2n) is 4.14. The molecule has 0 aromatic rings. The Kier molecular flexibility index (Phi) is 4.73. The fraction of sp³-hybridized carbons (Fsp3) is 0.636. The van der Waals surface area contributed by atoms with Crippen molar-refractivity contribution in [3.05, 3.63) is 0 Å². The van der Waals surface area contributed by atoms with Crippen molar-refractivity contribution in [3.63, 3.8) is 0 Å². The van der Waals surface area contributed by atoms with Gasteiger partial charge in [0.15, 0.2) is 9.84 Å². The van der Waals surface area contributed by atoms with Crippen LogP contribution in [0.2, 0.25) is 0 Å². The zero-order valence-corrected chi connectivity index (χ0v) is 10.6. The minimum absolute atomic E-state index is 0.0274. The van der Waals surface area contributed by atoms with E-state index < -0.39 is 33.5 Å². The summed E-state index contributed by atoms with van der Waals surface area (Å²) in [5, 5.41) is 7.54. The highest BCUT2D eigenvalue weighted by Crippen LogP contribution is 2.21. The summed E-state index contributed by atoms with van der Waals surface area (Å²) in [6.45, 7) is -0.772. The third-order valence-electron chi connectivity index (χ3n) is 2.77. The van der Waals surface area contributed by atoms with Crippen LogP contribution >= 0.6 is 0 Å². The van der Waals surface area contributed by atoms with Crippen molar-refractivity contribution in [2.45, 2.75) is 24.5 Å². The molecule has 1 unspecified atom stereocenters. The average Bonchev–Trinajstić information content (AvgIpc) is 2.26. The molecule has 100 valence electrons. The first kappa shape index (κ1) is 14.5. The van der Waals surface area contributed by atoms with Gasteiger partial charge in [0.05, 0.1) is 12.3 Å². The van der Waals surface area contributed by atoms with E-state index in [1.807, 2.05) is 0 Å². The predicted octanol–water partition coefficient (Wildman–Crippen LogP) is -0.500. The maximum atomic E-state index is 12.0. The van der Waals surface area contributed by atoms with Crippen LogP contribution in [-0.2, 0) is 19.4 Å². The van der Waals surface area contributed by atoms with Gasteiger partial charge in [-0.05, 0) is 12.8 Å². The predicted molar refractivity (Wildman–Crippen MR) is 64.5 cm³/mol. The number of hydrogen-bond acceptors (Lipinski definition) is 4. The molecule has 1 N–H and O–H groups in total. The Balaban J connectivity index is 2.88. The lowest BCUT2D eigenvalue weighted by atomic mass is 10.1. The highest BCUT2D eigenvalue weighted by Gasteiger charge is 2.37. The molecule has 0 aromatic heterocycles. The lowest BCUT2D eigenvalue weighted by Crippen LogP contribution is -2.47. The van der Waals surface area contributed by atoms with Crippen LogP contribution in [0.4, 0.5) is 0 Å². The highest BCUT2D eigenvalue weighted by atomic mass is 32.2. The number of aliphatic carboxylic acids is 1. The number of carboxylic acids is 1. The number of carbonyl (C=O) groups excluding carboxylic acids is 1. The van der Waals surface area contributed by atoms with Crippen molar-refractivity contribution in [2.75, 3.05) is 18.8 Å². The van der Waals surface area contributed by atoms with Crippen LogP contribution in [0.5, 0.6) is 0 Å². The molecule has 1 rings (SSSR count). The summed E-state index contributed by atoms with van der Waals surface area (Å²) in [7, 11) is -3.47. The standard InChI is InChI=1S/C11H15NO5S/c1-2-6-12(8-10(13)14)11(15)9-5-3-4-7-18(9,16)17/h1,9H,3-8H2,(H,13,14). The quantitative estimate of drug-likeness (QED) is 0.697. The molecule has 0 spiro atoms. The Morgan fingerprint density at radius 3 is 2.56 bits per heavy atom. The van der Waals surface area contributed by atoms with E-state index in [4.69, 9.17) is 11.5 Å². The molecule has 1 fully saturated rings. The molecular weight excluding hydrogens is 258 g/mol. The van der Waals surface area contributed by atoms with Gasteiger partial charge in [-0.15, -0.1) is 6.42 Å². The van der Waals surface area contributed by atoms with Crippen LogP contribution in [0.1, 0.15) is 19.3 Å². The van der Waals surface area contributed by atoms with E-state index in [-0.39, 0.29) is 18.7 Å². The molecule has 0 aromatic carbocycles. The third-order valence-corrected chi connectivity index (χ3v) is 4.94. The number of amides is 1. The fourth-order valence-corrected chi connectivity index (χ4v) is 3.79. The number of hydrogen-bond donors (Lipinski definition) is 1. The molecular formula is C11H15NO5S. The van der Waals surface area contributed by atoms with Crippen LogP contribution in [-0.4, -0.2) is 54.4 Å². The Morgan fingerprint density at radius 2 is 2.06 bits per heavy atom. The average molecular weight is 273 g/mol. The summed E-state index contributed by atoms with van der Waals surface area (Å²) < 4.78 is 23.5. The summed E-state index contributed by atoms with van der Waals surface area (Å²) in [5.74, 6) is 0.225. The normalized spacial score (nSPS) is 21.8. The summed E-state index contributed by atoms with van der Waals surface area (Å²) >= 11 is 0. The van der Waals surface area contributed by atoms with E-state index in [2.05, 4.69) is 5.92 Å². The SMILES string of the molecule is C#CCN(CC(=O)O)C(=O)C1CCCCS1(=O)=O. The van der Waals surface area contributed by atoms with Crippen molar-refractivity contribution in [2.24, 2.45) is 0 Å². The first-order chi connectivity index (χ1) is 8.38. The maximum absolute atomic E-state index is 12.0. The molecule has 0 saturated carbocycles. The summed E-state index contributed by atoms with van der Waals surface area (Å²) in [6, 6.07) is 0. The van der Waals surface area contributed by atoms with E-state index in [0.717, 1.165) is 4.90 Å². The summed E-state index contributed by atoms with van der Waals surface area (Å²) in [4.78, 5) is 23.5. The molecule has 1 aliphatic rings. The van der Waals surface area contributed by atoms with Gasteiger partial charge in [0, 0.05) is 0 Å². The van der Waals surface area contributed by atoms with E-state index in [9.17, 15) is 18.0 Å². The van der Waals surface area contributed by atoms with E-state index in [1.54, 1.807) is 0 Å². The van der Waals surface area contributed by atoms with Crippen LogP contribution in [0.15, 0.2) is 0 Å². The van der Waals surface area contributed by atoms with Gasteiger partial charge < -0.3 is 10.0 Å². The lowest BCUT2D eigenvalue weighted by molar-refractivity contribution is -0.143. The first-order valence-electron chi connectivity index (χ1n) is 5.54. The van der Waals surface area contributed by atoms with E-state index in [1.165, 1.54) is 0 Å². The van der Waals surface area contributed by atoms with Crippen molar-refractivity contribution in [1.29, 1.82) is 0 Å². The van der Waals surface area contributed by atoms with Gasteiger partial charge in [-0.3, -0.25) is 9.59 Å². The van der Waals surface area contributed by atoms with Crippen LogP contribution < -0.4 is 0 Å². The summed E-state index contributed by atoms with van der Waals surface area (Å²) in [5.41, 5.74) is 0. The number of carbonyl (C=O) groups is 2. The minimum atomic E-state index is -3.47. The second-order valence-corrected chi connectivity index (χ2v) is 6.45. The van der Waals surface area contributed by atoms with E-state index in [0.29, 0.717) is 12.8 Å². The number of terminal acetylenes is 1. The Labute approximate surface area is 106 Å². The number of rotatable bonds is 4. The fourth-order valence-electron chi connectivity index (χ4n) is 1.92. The first-order valence-corrected chi connectivity index (χ1v) is 7.25. The Hall–Kier alpha value is -1.55. The van der Waals surface area contributed by atoms with Crippen LogP contribution in [0, 0.1) is 12.3 Å². The molecule has 1 atom stereocenters. The second kappa shape index (κ2) is 5.87. The van der Waals surface area contributed by atoms with E-state index >= 15 is 0 Å². The van der Waals surface area contributed by atoms with Crippen molar-refractivity contribution in [3.8, 4) is 12.3 Å². The topological polar surface area (TPSA) is 91.8 Å². The van der Waals surface area contributed by atoms with Gasteiger partial charge in [0.25, 0.3) is 0 Å². The molecule has 1 saturated heterocycles. The Morgan fingerprint density at radius 1 is 1.39 bits per heavy atom. The maximum Gasteiger partial charge on any atom is 0.323 e. The molecule has 1 heterocycles. The zero-order chi connectivity index (χ0) is 13.8. The Bertz CT molecular complexity index is 476. The van der Waals surface area contributed by atoms with Gasteiger partial charge in [0.2, 0.25) is 5.91 Å². The van der Waals surface area contributed by atoms with Crippen molar-refractivity contribution in [1.82, 2.24) is 4.90 Å². The van der Waals surface area contributed by atoms with Crippen LogP contribution in [0.3, 0.4) is 0 Å². The van der Waals surface area contributed by atoms with Crippen molar-refractivity contribution >= 4 is 21.7 Å². The number of carboxylic acid groups (broad SMARTS) is 1. The third kappa shape index (κ3) is 3.47. The molecule has 0 radical (unpaired) electrons. The van der Waals surface area contributed by atoms with Gasteiger partial charge in [0.1, 0.15) is 11.8 Å².